The van der Waals surface area contributed by atoms with Crippen LogP contribution in [0.25, 0.3) is 0 Å². The van der Waals surface area contributed by atoms with E-state index >= 15 is 0 Å². The number of likely N-dealkylation sites (tertiary alicyclic amines) is 1. The number of amides is 2. The molecule has 0 saturated carbocycles. The Balaban J connectivity index is 1.90. The summed E-state index contributed by atoms with van der Waals surface area (Å²) in [5.74, 6) is -0.945. The first kappa shape index (κ1) is 13.7. The average Bonchev–Trinajstić information content (AvgIpc) is 2.87. The van der Waals surface area contributed by atoms with Gasteiger partial charge in [-0.2, -0.15) is 0 Å². The zero-order valence-corrected chi connectivity index (χ0v) is 11.1. The van der Waals surface area contributed by atoms with Gasteiger partial charge in [-0.25, -0.2) is 9.59 Å². The third kappa shape index (κ3) is 3.38. The molecule has 19 heavy (non-hydrogen) atoms. The molecule has 2 N–H and O–H groups in total. The highest BCUT2D eigenvalue weighted by molar-refractivity contribution is 6.30. The minimum absolute atomic E-state index is 0.333. The molecule has 1 atom stereocenters. The number of carbonyl (C=O) groups excluding carboxylic acids is 1. The third-order valence-corrected chi connectivity index (χ3v) is 3.41. The standard InChI is InChI=1S/C13H15ClN2O3/c14-10-5-3-9(4-6-10)8-15-13(19)16-7-1-2-11(16)12(17)18/h3-6,11H,1-2,7-8H2,(H,15,19)(H,17,18). The topological polar surface area (TPSA) is 69.6 Å². The number of hydrogen-bond donors (Lipinski definition) is 2. The van der Waals surface area contributed by atoms with Gasteiger partial charge in [-0.05, 0) is 30.5 Å². The van der Waals surface area contributed by atoms with Crippen LogP contribution in [0.3, 0.4) is 0 Å². The van der Waals surface area contributed by atoms with Gasteiger partial charge in [0.15, 0.2) is 0 Å². The van der Waals surface area contributed by atoms with E-state index in [1.165, 1.54) is 4.90 Å². The molecule has 1 unspecified atom stereocenters. The molecule has 1 aliphatic rings. The number of carbonyl (C=O) groups is 2. The molecule has 1 heterocycles. The van der Waals surface area contributed by atoms with Gasteiger partial charge in [0.1, 0.15) is 6.04 Å². The number of aliphatic carboxylic acids is 1. The summed E-state index contributed by atoms with van der Waals surface area (Å²) in [6.07, 6.45) is 1.25. The summed E-state index contributed by atoms with van der Waals surface area (Å²) < 4.78 is 0. The average molecular weight is 283 g/mol. The van der Waals surface area contributed by atoms with Crippen LogP contribution >= 0.6 is 11.6 Å². The van der Waals surface area contributed by atoms with Crippen molar-refractivity contribution in [1.82, 2.24) is 10.2 Å². The van der Waals surface area contributed by atoms with Gasteiger partial charge >= 0.3 is 12.0 Å². The van der Waals surface area contributed by atoms with E-state index in [4.69, 9.17) is 16.7 Å². The molecule has 0 aliphatic carbocycles. The molecule has 0 bridgehead atoms. The molecule has 1 aromatic carbocycles. The van der Waals surface area contributed by atoms with E-state index in [-0.39, 0.29) is 6.03 Å². The number of nitrogens with one attached hydrogen (secondary N) is 1. The molecule has 2 amide bonds. The monoisotopic (exact) mass is 282 g/mol. The molecule has 6 heteroatoms. The van der Waals surface area contributed by atoms with Crippen LogP contribution in [0.1, 0.15) is 18.4 Å². The van der Waals surface area contributed by atoms with Crippen LogP contribution in [-0.2, 0) is 11.3 Å². The van der Waals surface area contributed by atoms with Gasteiger partial charge in [0.05, 0.1) is 0 Å². The Bertz CT molecular complexity index is 475. The molecule has 1 fully saturated rings. The van der Waals surface area contributed by atoms with Crippen molar-refractivity contribution in [2.24, 2.45) is 0 Å². The lowest BCUT2D eigenvalue weighted by atomic mass is 10.2. The third-order valence-electron chi connectivity index (χ3n) is 3.16. The molecule has 0 spiro atoms. The Labute approximate surface area is 116 Å². The fraction of sp³-hybridized carbons (Fsp3) is 0.385. The van der Waals surface area contributed by atoms with Crippen molar-refractivity contribution in [3.63, 3.8) is 0 Å². The summed E-state index contributed by atoms with van der Waals surface area (Å²) in [7, 11) is 0. The fourth-order valence-electron chi connectivity index (χ4n) is 2.15. The lowest BCUT2D eigenvalue weighted by Crippen LogP contribution is -2.45. The van der Waals surface area contributed by atoms with Crippen molar-refractivity contribution >= 4 is 23.6 Å². The molecule has 102 valence electrons. The predicted octanol–water partition coefficient (Wildman–Crippen LogP) is 2.10. The largest absolute Gasteiger partial charge is 0.480 e. The van der Waals surface area contributed by atoms with E-state index in [2.05, 4.69) is 5.32 Å². The number of carboxylic acids is 1. The maximum atomic E-state index is 11.9. The molecular weight excluding hydrogens is 268 g/mol. The van der Waals surface area contributed by atoms with Gasteiger partial charge in [-0.15, -0.1) is 0 Å². The first-order valence-corrected chi connectivity index (χ1v) is 6.47. The first-order chi connectivity index (χ1) is 9.08. The smallest absolute Gasteiger partial charge is 0.326 e. The highest BCUT2D eigenvalue weighted by Crippen LogP contribution is 2.17. The van der Waals surface area contributed by atoms with E-state index in [9.17, 15) is 9.59 Å². The van der Waals surface area contributed by atoms with Crippen LogP contribution in [-0.4, -0.2) is 34.6 Å². The minimum Gasteiger partial charge on any atom is -0.480 e. The minimum atomic E-state index is -0.945. The maximum Gasteiger partial charge on any atom is 0.326 e. The Morgan fingerprint density at radius 3 is 2.68 bits per heavy atom. The van der Waals surface area contributed by atoms with E-state index in [1.807, 2.05) is 12.1 Å². The summed E-state index contributed by atoms with van der Waals surface area (Å²) in [6.45, 7) is 0.849. The van der Waals surface area contributed by atoms with Gasteiger partial charge in [0, 0.05) is 18.1 Å². The summed E-state index contributed by atoms with van der Waals surface area (Å²) in [4.78, 5) is 24.3. The number of hydrogen-bond acceptors (Lipinski definition) is 2. The number of urea groups is 1. The van der Waals surface area contributed by atoms with Crippen molar-refractivity contribution in [3.8, 4) is 0 Å². The first-order valence-electron chi connectivity index (χ1n) is 6.09. The molecule has 0 radical (unpaired) electrons. The Kier molecular flexibility index (Phi) is 4.27. The molecule has 5 nitrogen and oxygen atoms in total. The molecular formula is C13H15ClN2O3. The van der Waals surface area contributed by atoms with Gasteiger partial charge in [0.2, 0.25) is 0 Å². The Morgan fingerprint density at radius 1 is 1.37 bits per heavy atom. The van der Waals surface area contributed by atoms with Crippen LogP contribution in [0.5, 0.6) is 0 Å². The molecule has 1 saturated heterocycles. The number of halogens is 1. The highest BCUT2D eigenvalue weighted by Gasteiger charge is 2.33. The highest BCUT2D eigenvalue weighted by atomic mass is 35.5. The summed E-state index contributed by atoms with van der Waals surface area (Å²) in [5, 5.41) is 12.4. The van der Waals surface area contributed by atoms with Gasteiger partial charge in [0.25, 0.3) is 0 Å². The van der Waals surface area contributed by atoms with E-state index in [1.54, 1.807) is 12.1 Å². The van der Waals surface area contributed by atoms with E-state index < -0.39 is 12.0 Å². The summed E-state index contributed by atoms with van der Waals surface area (Å²) >= 11 is 5.77. The number of nitrogens with zero attached hydrogens (tertiary/aromatic N) is 1. The normalized spacial score (nSPS) is 18.4. The Morgan fingerprint density at radius 2 is 2.05 bits per heavy atom. The quantitative estimate of drug-likeness (QED) is 0.892. The van der Waals surface area contributed by atoms with Crippen LogP contribution in [0.2, 0.25) is 5.02 Å². The van der Waals surface area contributed by atoms with Crippen molar-refractivity contribution in [1.29, 1.82) is 0 Å². The van der Waals surface area contributed by atoms with Gasteiger partial charge in [-0.1, -0.05) is 23.7 Å². The zero-order valence-electron chi connectivity index (χ0n) is 10.3. The van der Waals surface area contributed by atoms with Crippen LogP contribution < -0.4 is 5.32 Å². The van der Waals surface area contributed by atoms with E-state index in [0.717, 1.165) is 12.0 Å². The fourth-order valence-corrected chi connectivity index (χ4v) is 2.27. The molecule has 0 aromatic heterocycles. The summed E-state index contributed by atoms with van der Waals surface area (Å²) in [6, 6.07) is 6.10. The van der Waals surface area contributed by atoms with Crippen molar-refractivity contribution in [3.05, 3.63) is 34.9 Å². The summed E-state index contributed by atoms with van der Waals surface area (Å²) in [5.41, 5.74) is 0.920. The van der Waals surface area contributed by atoms with Crippen molar-refractivity contribution in [2.75, 3.05) is 6.54 Å². The lowest BCUT2D eigenvalue weighted by Gasteiger charge is -2.21. The van der Waals surface area contributed by atoms with Crippen molar-refractivity contribution < 1.29 is 14.7 Å². The SMILES string of the molecule is O=C(O)C1CCCN1C(=O)NCc1ccc(Cl)cc1. The van der Waals surface area contributed by atoms with E-state index in [0.29, 0.717) is 24.5 Å². The predicted molar refractivity (Wildman–Crippen MR) is 71.1 cm³/mol. The van der Waals surface area contributed by atoms with Crippen LogP contribution in [0.4, 0.5) is 4.79 Å². The van der Waals surface area contributed by atoms with Gasteiger partial charge in [-0.3, -0.25) is 0 Å². The molecule has 1 aliphatic heterocycles. The van der Waals surface area contributed by atoms with Crippen LogP contribution in [0, 0.1) is 0 Å². The van der Waals surface area contributed by atoms with Gasteiger partial charge < -0.3 is 15.3 Å². The molecule has 1 aromatic rings. The zero-order chi connectivity index (χ0) is 13.8. The number of benzene rings is 1. The Hall–Kier alpha value is -1.75. The number of carboxylic acid groups (broad SMARTS) is 1. The van der Waals surface area contributed by atoms with Crippen LogP contribution in [0.15, 0.2) is 24.3 Å². The van der Waals surface area contributed by atoms with Crippen molar-refractivity contribution in [2.45, 2.75) is 25.4 Å². The second-order valence-corrected chi connectivity index (χ2v) is 4.91. The second kappa shape index (κ2) is 5.93. The molecule has 2 rings (SSSR count). The second-order valence-electron chi connectivity index (χ2n) is 4.47. The number of rotatable bonds is 3. The maximum absolute atomic E-state index is 11.9. The lowest BCUT2D eigenvalue weighted by molar-refractivity contribution is -0.141.